The highest BCUT2D eigenvalue weighted by Gasteiger charge is 2.20. The van der Waals surface area contributed by atoms with E-state index in [0.29, 0.717) is 29.8 Å². The van der Waals surface area contributed by atoms with Crippen molar-refractivity contribution in [1.29, 1.82) is 0 Å². The van der Waals surface area contributed by atoms with Gasteiger partial charge in [-0.15, -0.1) is 10.2 Å². The number of aromatic nitrogens is 5. The third-order valence-electron chi connectivity index (χ3n) is 3.42. The maximum Gasteiger partial charge on any atom is 0.230 e. The highest BCUT2D eigenvalue weighted by molar-refractivity contribution is 7.99. The van der Waals surface area contributed by atoms with Crippen molar-refractivity contribution in [2.45, 2.75) is 25.2 Å². The predicted molar refractivity (Wildman–Crippen MR) is 92.4 cm³/mol. The van der Waals surface area contributed by atoms with Crippen LogP contribution in [0.2, 0.25) is 0 Å². The van der Waals surface area contributed by atoms with Crippen molar-refractivity contribution < 1.29 is 9.42 Å². The lowest BCUT2D eigenvalue weighted by Gasteiger charge is -2.07. The van der Waals surface area contributed by atoms with E-state index >= 15 is 0 Å². The normalized spacial score (nSPS) is 10.8. The average Bonchev–Trinajstić information content (AvgIpc) is 3.24. The highest BCUT2D eigenvalue weighted by Crippen LogP contribution is 2.25. The first-order chi connectivity index (χ1) is 12.2. The maximum atomic E-state index is 12.0. The first-order valence-corrected chi connectivity index (χ1v) is 8.62. The number of amides is 1. The number of hydrogen-bond donors (Lipinski definition) is 2. The molecule has 2 aromatic heterocycles. The molecular weight excluding hydrogens is 342 g/mol. The zero-order chi connectivity index (χ0) is 17.6. The summed E-state index contributed by atoms with van der Waals surface area (Å²) < 4.78 is 6.41. The number of nitrogens with one attached hydrogen (secondary N) is 1. The fourth-order valence-corrected chi connectivity index (χ4v) is 3.02. The minimum Gasteiger partial charge on any atom is -0.379 e. The fraction of sp³-hybridized carbons (Fsp3) is 0.267. The Labute approximate surface area is 148 Å². The molecule has 3 rings (SSSR count). The second-order valence-corrected chi connectivity index (χ2v) is 6.04. The third-order valence-corrected chi connectivity index (χ3v) is 4.39. The fourth-order valence-electron chi connectivity index (χ4n) is 2.18. The van der Waals surface area contributed by atoms with E-state index in [1.165, 1.54) is 11.8 Å². The Bertz CT molecular complexity index is 847. The van der Waals surface area contributed by atoms with Crippen molar-refractivity contribution in [3.05, 3.63) is 35.9 Å². The van der Waals surface area contributed by atoms with Crippen LogP contribution in [-0.2, 0) is 17.9 Å². The first kappa shape index (κ1) is 17.0. The summed E-state index contributed by atoms with van der Waals surface area (Å²) >= 11 is 1.30. The van der Waals surface area contributed by atoms with Gasteiger partial charge in [0.05, 0.1) is 5.75 Å². The number of thioether (sulfide) groups is 1. The average molecular weight is 359 g/mol. The van der Waals surface area contributed by atoms with Gasteiger partial charge in [-0.3, -0.25) is 4.79 Å². The summed E-state index contributed by atoms with van der Waals surface area (Å²) in [5.41, 5.74) is 7.10. The zero-order valence-electron chi connectivity index (χ0n) is 13.5. The molecule has 0 saturated heterocycles. The van der Waals surface area contributed by atoms with Crippen molar-refractivity contribution in [2.75, 3.05) is 11.5 Å². The number of nitrogen functional groups attached to an aromatic ring is 1. The SMILES string of the molecule is CCn1c(SCC(=O)NCc2ccccc2)nnc1-c1nonc1N. The minimum atomic E-state index is -0.0799. The van der Waals surface area contributed by atoms with E-state index in [9.17, 15) is 4.79 Å². The zero-order valence-corrected chi connectivity index (χ0v) is 14.4. The van der Waals surface area contributed by atoms with E-state index in [0.717, 1.165) is 5.56 Å². The van der Waals surface area contributed by atoms with Crippen molar-refractivity contribution in [2.24, 2.45) is 0 Å². The summed E-state index contributed by atoms with van der Waals surface area (Å²) in [5.74, 6) is 0.772. The molecule has 0 bridgehead atoms. The number of carbonyl (C=O) groups excluding carboxylic acids is 1. The highest BCUT2D eigenvalue weighted by atomic mass is 32.2. The van der Waals surface area contributed by atoms with Gasteiger partial charge in [0.15, 0.2) is 22.5 Å². The molecule has 25 heavy (non-hydrogen) atoms. The summed E-state index contributed by atoms with van der Waals surface area (Å²) in [6.45, 7) is 3.03. The summed E-state index contributed by atoms with van der Waals surface area (Å²) in [4.78, 5) is 12.0. The molecule has 0 unspecified atom stereocenters. The van der Waals surface area contributed by atoms with Gasteiger partial charge in [-0.05, 0) is 22.8 Å². The molecule has 0 fully saturated rings. The molecule has 0 atom stereocenters. The number of hydrogen-bond acceptors (Lipinski definition) is 8. The van der Waals surface area contributed by atoms with E-state index in [2.05, 4.69) is 30.5 Å². The Hall–Kier alpha value is -2.88. The summed E-state index contributed by atoms with van der Waals surface area (Å²) in [5, 5.41) is 19.0. The Kier molecular flexibility index (Phi) is 5.29. The van der Waals surface area contributed by atoms with Crippen LogP contribution in [0.3, 0.4) is 0 Å². The molecular formula is C15H17N7O2S. The molecule has 1 aromatic carbocycles. The first-order valence-electron chi connectivity index (χ1n) is 7.64. The van der Waals surface area contributed by atoms with Crippen LogP contribution in [0.25, 0.3) is 11.5 Å². The van der Waals surface area contributed by atoms with Crippen LogP contribution < -0.4 is 11.1 Å². The van der Waals surface area contributed by atoms with Crippen LogP contribution in [0.1, 0.15) is 12.5 Å². The van der Waals surface area contributed by atoms with Gasteiger partial charge in [-0.1, -0.05) is 42.1 Å². The molecule has 3 aromatic rings. The van der Waals surface area contributed by atoms with Crippen LogP contribution in [0.5, 0.6) is 0 Å². The number of benzene rings is 1. The second-order valence-electron chi connectivity index (χ2n) is 5.10. The summed E-state index contributed by atoms with van der Waals surface area (Å²) in [6, 6.07) is 9.74. The summed E-state index contributed by atoms with van der Waals surface area (Å²) in [6.07, 6.45) is 0. The minimum absolute atomic E-state index is 0.0799. The van der Waals surface area contributed by atoms with Crippen LogP contribution in [0.15, 0.2) is 40.1 Å². The molecule has 3 N–H and O–H groups in total. The Morgan fingerprint density at radius 1 is 1.28 bits per heavy atom. The number of nitrogens with two attached hydrogens (primary N) is 1. The van der Waals surface area contributed by atoms with Gasteiger partial charge in [-0.2, -0.15) is 0 Å². The maximum absolute atomic E-state index is 12.0. The Balaban J connectivity index is 1.61. The molecule has 0 radical (unpaired) electrons. The molecule has 0 aliphatic heterocycles. The quantitative estimate of drug-likeness (QED) is 0.605. The molecule has 0 aliphatic carbocycles. The van der Waals surface area contributed by atoms with Gasteiger partial charge in [0.1, 0.15) is 0 Å². The molecule has 130 valence electrons. The van der Waals surface area contributed by atoms with Crippen LogP contribution in [-0.4, -0.2) is 36.7 Å². The van der Waals surface area contributed by atoms with Gasteiger partial charge in [0, 0.05) is 13.1 Å². The molecule has 0 spiro atoms. The van der Waals surface area contributed by atoms with Crippen LogP contribution in [0.4, 0.5) is 5.82 Å². The van der Waals surface area contributed by atoms with Crippen molar-refractivity contribution >= 4 is 23.5 Å². The lowest BCUT2D eigenvalue weighted by atomic mass is 10.2. The second kappa shape index (κ2) is 7.79. The number of nitrogens with zero attached hydrogens (tertiary/aromatic N) is 5. The molecule has 10 heteroatoms. The van der Waals surface area contributed by atoms with Crippen molar-refractivity contribution in [3.63, 3.8) is 0 Å². The van der Waals surface area contributed by atoms with E-state index in [-0.39, 0.29) is 17.5 Å². The van der Waals surface area contributed by atoms with Gasteiger partial charge >= 0.3 is 0 Å². The smallest absolute Gasteiger partial charge is 0.230 e. The number of carbonyl (C=O) groups is 1. The monoisotopic (exact) mass is 359 g/mol. The van der Waals surface area contributed by atoms with E-state index < -0.39 is 0 Å². The molecule has 1 amide bonds. The van der Waals surface area contributed by atoms with Crippen molar-refractivity contribution in [1.82, 2.24) is 30.4 Å². The third kappa shape index (κ3) is 3.97. The Morgan fingerprint density at radius 3 is 2.76 bits per heavy atom. The molecule has 0 saturated carbocycles. The molecule has 9 nitrogen and oxygen atoms in total. The topological polar surface area (TPSA) is 125 Å². The van der Waals surface area contributed by atoms with Crippen LogP contribution >= 0.6 is 11.8 Å². The lowest BCUT2D eigenvalue weighted by molar-refractivity contribution is -0.118. The molecule has 2 heterocycles. The van der Waals surface area contributed by atoms with E-state index in [4.69, 9.17) is 5.73 Å². The van der Waals surface area contributed by atoms with Gasteiger partial charge < -0.3 is 15.6 Å². The van der Waals surface area contributed by atoms with E-state index in [1.54, 1.807) is 0 Å². The van der Waals surface area contributed by atoms with Gasteiger partial charge in [-0.25, -0.2) is 4.63 Å². The van der Waals surface area contributed by atoms with Gasteiger partial charge in [0.2, 0.25) is 5.91 Å². The number of rotatable bonds is 7. The van der Waals surface area contributed by atoms with Gasteiger partial charge in [0.25, 0.3) is 0 Å². The van der Waals surface area contributed by atoms with Crippen molar-refractivity contribution in [3.8, 4) is 11.5 Å². The Morgan fingerprint density at radius 2 is 2.08 bits per heavy atom. The lowest BCUT2D eigenvalue weighted by Crippen LogP contribution is -2.24. The largest absolute Gasteiger partial charge is 0.379 e. The van der Waals surface area contributed by atoms with Crippen LogP contribution in [0, 0.1) is 0 Å². The predicted octanol–water partition coefficient (Wildman–Crippen LogP) is 1.34. The van der Waals surface area contributed by atoms with E-state index in [1.807, 2.05) is 41.8 Å². The standard InChI is InChI=1S/C15H17N7O2S/c1-2-22-14(12-13(16)21-24-20-12)18-19-15(22)25-9-11(23)17-8-10-6-4-3-5-7-10/h3-7H,2,8-9H2,1H3,(H2,16,21)(H,17,23). The number of anilines is 1. The molecule has 0 aliphatic rings. The summed E-state index contributed by atoms with van der Waals surface area (Å²) in [7, 11) is 0.